The van der Waals surface area contributed by atoms with Crippen LogP contribution < -0.4 is 56.2 Å². The first-order valence-corrected chi connectivity index (χ1v) is 37.4. The van der Waals surface area contributed by atoms with Crippen LogP contribution in [0.15, 0.2) is 215 Å². The Hall–Kier alpha value is -14.7. The van der Waals surface area contributed by atoms with Crippen molar-refractivity contribution in [2.75, 3.05) is 71.7 Å². The van der Waals surface area contributed by atoms with Gasteiger partial charge in [-0.25, -0.2) is 28.8 Å². The summed E-state index contributed by atoms with van der Waals surface area (Å²) < 4.78 is 33.0. The van der Waals surface area contributed by atoms with E-state index in [1.54, 1.807) is 66.1 Å². The van der Waals surface area contributed by atoms with Gasteiger partial charge in [-0.2, -0.15) is 20.4 Å². The topological polar surface area (TPSA) is 356 Å². The molecular weight excluding hydrogens is 1480 g/mol. The van der Waals surface area contributed by atoms with Crippen LogP contribution in [0.4, 0.5) is 39.4 Å². The monoisotopic (exact) mass is 1560 g/mol. The van der Waals surface area contributed by atoms with Gasteiger partial charge in [0.15, 0.2) is 34.4 Å². The number of carbonyl (C=O) groups excluding carboxylic acids is 3. The maximum Gasteiger partial charge on any atom is 0.410 e. The summed E-state index contributed by atoms with van der Waals surface area (Å²) in [5.41, 5.74) is 12.6. The van der Waals surface area contributed by atoms with Crippen LogP contribution in [0, 0.1) is 38.1 Å². The summed E-state index contributed by atoms with van der Waals surface area (Å²) in [6.45, 7) is 40.6. The highest BCUT2D eigenvalue weighted by Gasteiger charge is 2.43. The molecule has 2 saturated heterocycles. The second-order valence-electron chi connectivity index (χ2n) is 28.7. The van der Waals surface area contributed by atoms with Crippen molar-refractivity contribution in [3.63, 3.8) is 0 Å². The first-order valence-electron chi connectivity index (χ1n) is 37.0. The van der Waals surface area contributed by atoms with Gasteiger partial charge >= 0.3 is 6.09 Å². The number of fused-ring (bicyclic) bond motifs is 7. The van der Waals surface area contributed by atoms with Gasteiger partial charge in [-0.15, -0.1) is 0 Å². The van der Waals surface area contributed by atoms with Gasteiger partial charge in [-0.1, -0.05) is 103 Å². The van der Waals surface area contributed by atoms with Crippen LogP contribution in [-0.4, -0.2) is 119 Å². The number of halogens is 1. The normalized spacial score (nSPS) is 18.3. The van der Waals surface area contributed by atoms with Gasteiger partial charge in [0.25, 0.3) is 11.8 Å². The first-order chi connectivity index (χ1) is 56.2. The Morgan fingerprint density at radius 1 is 0.478 bits per heavy atom. The molecule has 115 heavy (non-hydrogen) atoms. The molecule has 5 aromatic heterocycles. The molecule has 0 aliphatic carbocycles. The molecule has 0 radical (unpaired) electrons. The van der Waals surface area contributed by atoms with Crippen LogP contribution in [0.25, 0.3) is 30.4 Å². The molecule has 3 amide bonds. The van der Waals surface area contributed by atoms with Gasteiger partial charge in [0.2, 0.25) is 25.0 Å². The number of aromatic amines is 4. The lowest BCUT2D eigenvalue weighted by molar-refractivity contribution is -0.113. The molecule has 6 aromatic carbocycles. The maximum atomic E-state index is 13.0. The lowest BCUT2D eigenvalue weighted by Crippen LogP contribution is -2.42. The Morgan fingerprint density at radius 2 is 0.896 bits per heavy atom. The zero-order chi connectivity index (χ0) is 79.3. The Bertz CT molecular complexity index is 5870. The van der Waals surface area contributed by atoms with Gasteiger partial charge in [0, 0.05) is 74.3 Å². The molecule has 32 heteroatoms. The van der Waals surface area contributed by atoms with Gasteiger partial charge < -0.3 is 65.8 Å². The third kappa shape index (κ3) is 14.9. The van der Waals surface area contributed by atoms with Gasteiger partial charge in [-0.3, -0.25) is 30.0 Å². The van der Waals surface area contributed by atoms with Gasteiger partial charge in [0.05, 0.1) is 74.7 Å². The van der Waals surface area contributed by atoms with Crippen molar-refractivity contribution in [3.05, 3.63) is 305 Å². The number of carbonyl (C=O) groups is 3. The largest absolute Gasteiger partial charge is 0.454 e. The van der Waals surface area contributed by atoms with Crippen molar-refractivity contribution in [2.45, 2.75) is 75.7 Å². The fraction of sp³-hybridized carbons (Fsp3) is 0.241. The lowest BCUT2D eigenvalue weighted by atomic mass is 9.81. The van der Waals surface area contributed by atoms with E-state index in [0.717, 1.165) is 118 Å². The molecule has 4 atom stereocenters. The van der Waals surface area contributed by atoms with Crippen molar-refractivity contribution in [1.29, 1.82) is 0 Å². The van der Waals surface area contributed by atoms with Crippen molar-refractivity contribution >= 4 is 75.2 Å². The minimum Gasteiger partial charge on any atom is -0.454 e. The fourth-order valence-corrected chi connectivity index (χ4v) is 15.7. The van der Waals surface area contributed by atoms with E-state index in [2.05, 4.69) is 108 Å². The van der Waals surface area contributed by atoms with E-state index in [1.165, 1.54) is 0 Å². The number of hydrogen-bond acceptors (Lipinski definition) is 20. The molecule has 19 rings (SSSR count). The Labute approximate surface area is 663 Å². The van der Waals surface area contributed by atoms with Crippen LogP contribution in [0.3, 0.4) is 0 Å². The lowest BCUT2D eigenvalue weighted by Gasteiger charge is -2.37. The number of benzene rings is 6. The van der Waals surface area contributed by atoms with Crippen LogP contribution in [0.1, 0.15) is 115 Å². The molecule has 8 aliphatic rings. The van der Waals surface area contributed by atoms with Crippen molar-refractivity contribution in [2.24, 2.45) is 11.8 Å². The van der Waals surface area contributed by atoms with Crippen LogP contribution in [0.5, 0.6) is 23.0 Å². The third-order valence-corrected chi connectivity index (χ3v) is 21.1. The quantitative estimate of drug-likeness (QED) is 0.0567. The minimum absolute atomic E-state index is 0.112. The summed E-state index contributed by atoms with van der Waals surface area (Å²) in [5.74, 6) is 3.70. The molecule has 4 unspecified atom stereocenters. The molecule has 0 saturated carbocycles. The highest BCUT2D eigenvalue weighted by atomic mass is 35.5. The maximum absolute atomic E-state index is 13.0. The summed E-state index contributed by atoms with van der Waals surface area (Å²) >= 11 is 6.39. The predicted molar refractivity (Wildman–Crippen MR) is 425 cm³/mol. The molecule has 11 N–H and O–H groups in total. The smallest absolute Gasteiger partial charge is 0.410 e. The van der Waals surface area contributed by atoms with E-state index in [9.17, 15) is 14.4 Å². The average molecular weight is 1560 g/mol. The highest BCUT2D eigenvalue weighted by Crippen LogP contribution is 2.53. The molecule has 0 spiro atoms. The molecule has 576 valence electrons. The average Bonchev–Trinajstić information content (AvgIpc) is 1.73. The van der Waals surface area contributed by atoms with E-state index >= 15 is 0 Å². The Morgan fingerprint density at radius 3 is 1.37 bits per heavy atom. The molecule has 8 aliphatic heterocycles. The summed E-state index contributed by atoms with van der Waals surface area (Å²) in [6.07, 6.45) is 10.1. The number of anilines is 6. The zero-order valence-electron chi connectivity index (χ0n) is 62.1. The number of rotatable bonds is 10. The number of aromatic nitrogens is 10. The highest BCUT2D eigenvalue weighted by molar-refractivity contribution is 6.31. The van der Waals surface area contributed by atoms with Crippen LogP contribution >= 0.6 is 11.6 Å². The minimum atomic E-state index is -0.547. The second kappa shape index (κ2) is 32.3. The van der Waals surface area contributed by atoms with Crippen molar-refractivity contribution in [3.8, 4) is 23.0 Å². The van der Waals surface area contributed by atoms with E-state index in [1.807, 2.05) is 124 Å². The van der Waals surface area contributed by atoms with Crippen molar-refractivity contribution in [1.82, 2.24) is 61.3 Å². The zero-order valence-corrected chi connectivity index (χ0v) is 62.9. The number of amides is 3. The number of piperidine rings is 2. The van der Waals surface area contributed by atoms with E-state index in [-0.39, 0.29) is 60.2 Å². The number of allylic oxidation sites excluding steroid dienone is 6. The van der Waals surface area contributed by atoms with Crippen LogP contribution in [-0.2, 0) is 14.3 Å². The van der Waals surface area contributed by atoms with E-state index < -0.39 is 29.3 Å². The van der Waals surface area contributed by atoms with Gasteiger partial charge in [-0.05, 0) is 141 Å². The number of ether oxygens (including phenoxy) is 5. The van der Waals surface area contributed by atoms with Gasteiger partial charge in [0.1, 0.15) is 51.3 Å². The molecule has 13 heterocycles. The van der Waals surface area contributed by atoms with E-state index in [4.69, 9.17) is 66.2 Å². The molecule has 11 aromatic rings. The second-order valence-corrected chi connectivity index (χ2v) is 29.1. The SMILES string of the molecule is [C-]#[N+]C1=C(C(=O)Nc2ccccc2)Nc2[nH]ncc2C1c1cccc2nonc12.[C-]#[N+]C1=C(C(=O)Nc2ccccc2)Nc2[nH]ncc2C1c1ccccc1Cl.[C-]#[N+]C1=C(C2CCN(C(=O)OC(C)(C)C)CC2)Nc2[nH]ncc2C1c1cccc2c1OCO2.[C-]#[N+]C1=C(C2CCNCC2)Nc2[nH]ncc2C1c1cccc2c1OCO2. The molecule has 0 bridgehead atoms. The van der Waals surface area contributed by atoms with Crippen molar-refractivity contribution < 1.29 is 42.7 Å². The fourth-order valence-electron chi connectivity index (χ4n) is 15.5. The standard InChI is InChI=1S/C24H27N5O4.C20H14ClN5O.C20H13N7O2.C19H19N5O2/c1-24(2,3)33-23(30)29-10-8-14(9-11-29)19-20(25-4)18(16-12-26-28-22(16)27-19)15-6-5-7-17-21(15)32-13-31-17;1-22-17-16(13-9-5-6-10-15(13)21)14-11-23-26-19(14)25-18(17)20(27)24-12-7-3-2-4-8-12;1-21-17-15(12-8-5-9-14-16(12)27-29-26-14)13-10-22-25-19(13)24-18(17)20(28)23-11-6-3-2-4-7-11;1-20-17-15(12-3-2-4-14-18(12)26-10-25-14)13-9-22-24-19(13)23-16(17)11-5-7-21-8-6-11/h5-7,12,14,18H,8-11,13H2,1-3H3,(H2,26,27,28);2-11,16H,(H,24,27)(H2,23,25,26);2-10,15H,(H,23,28)(H2,22,24,25);2-4,9,11,15,21H,5-8,10H2,(H2,22,23,24). The summed E-state index contributed by atoms with van der Waals surface area (Å²) in [7, 11) is 0. The molecule has 31 nitrogen and oxygen atoms in total. The number of hydrogen-bond donors (Lipinski definition) is 11. The number of para-hydroxylation sites is 4. The molecular formula is C83H73ClN22O9. The Balaban J connectivity index is 0.000000116. The third-order valence-electron chi connectivity index (χ3n) is 20.7. The van der Waals surface area contributed by atoms with E-state index in [0.29, 0.717) is 80.8 Å². The Kier molecular flexibility index (Phi) is 20.9. The number of H-pyrrole nitrogens is 4. The number of nitrogens with zero attached hydrogens (tertiary/aromatic N) is 11. The summed E-state index contributed by atoms with van der Waals surface area (Å²) in [6, 6.07) is 42.5. The predicted octanol–water partition coefficient (Wildman–Crippen LogP) is 15.0. The molecule has 2 fully saturated rings. The number of likely N-dealkylation sites (tertiary alicyclic amines) is 1. The first kappa shape index (κ1) is 74.4. The number of nitrogens with one attached hydrogen (secondary N) is 11. The summed E-state index contributed by atoms with van der Waals surface area (Å²) in [4.78, 5) is 55.5. The summed E-state index contributed by atoms with van der Waals surface area (Å²) in [5, 5.41) is 58.8. The van der Waals surface area contributed by atoms with Crippen LogP contribution in [0.2, 0.25) is 5.02 Å².